The fourth-order valence-electron chi connectivity index (χ4n) is 2.63. The van der Waals surface area contributed by atoms with Crippen molar-refractivity contribution in [2.75, 3.05) is 6.54 Å². The summed E-state index contributed by atoms with van der Waals surface area (Å²) < 4.78 is 0. The van der Waals surface area contributed by atoms with Crippen molar-refractivity contribution in [2.45, 2.75) is 37.4 Å². The molecule has 6 nitrogen and oxygen atoms in total. The van der Waals surface area contributed by atoms with Gasteiger partial charge >= 0.3 is 5.97 Å². The van der Waals surface area contributed by atoms with Crippen LogP contribution in [0.2, 0.25) is 0 Å². The van der Waals surface area contributed by atoms with Crippen molar-refractivity contribution in [1.82, 2.24) is 15.7 Å². The second-order valence-electron chi connectivity index (χ2n) is 5.56. The van der Waals surface area contributed by atoms with Crippen molar-refractivity contribution in [1.29, 1.82) is 0 Å². The van der Waals surface area contributed by atoms with Crippen LogP contribution in [0.15, 0.2) is 30.3 Å². The van der Waals surface area contributed by atoms with E-state index in [1.807, 2.05) is 30.3 Å². The molecule has 7 heteroatoms. The molecule has 1 aromatic carbocycles. The Morgan fingerprint density at radius 2 is 2.09 bits per heavy atom. The van der Waals surface area contributed by atoms with Crippen LogP contribution in [0.4, 0.5) is 0 Å². The van der Waals surface area contributed by atoms with E-state index in [0.717, 1.165) is 6.42 Å². The smallest absolute Gasteiger partial charge is 0.320 e. The van der Waals surface area contributed by atoms with Crippen LogP contribution >= 0.6 is 9.39 Å². The lowest BCUT2D eigenvalue weighted by atomic mass is 10.0. The van der Waals surface area contributed by atoms with Gasteiger partial charge in [-0.3, -0.25) is 14.7 Å². The van der Waals surface area contributed by atoms with Gasteiger partial charge in [-0.25, -0.2) is 0 Å². The number of carboxylic acid groups (broad SMARTS) is 1. The van der Waals surface area contributed by atoms with Crippen molar-refractivity contribution >= 4 is 21.3 Å². The first kappa shape index (κ1) is 16.9. The Hall–Kier alpha value is -1.49. The van der Waals surface area contributed by atoms with Gasteiger partial charge in [-0.2, -0.15) is 0 Å². The van der Waals surface area contributed by atoms with Gasteiger partial charge in [-0.15, -0.1) is 0 Å². The highest BCUT2D eigenvalue weighted by atomic mass is 31.0. The molecule has 4 atom stereocenters. The number of hydrogen-bond acceptors (Lipinski definition) is 4. The van der Waals surface area contributed by atoms with Crippen molar-refractivity contribution in [3.05, 3.63) is 35.9 Å². The molecule has 2 rings (SSSR count). The molecule has 120 valence electrons. The van der Waals surface area contributed by atoms with Crippen LogP contribution in [0.1, 0.15) is 18.4 Å². The fraction of sp³-hybridized carbons (Fsp3) is 0.467. The molecule has 0 aromatic heterocycles. The first-order valence-corrected chi connectivity index (χ1v) is 7.92. The van der Waals surface area contributed by atoms with Crippen LogP contribution in [-0.2, 0) is 16.0 Å². The largest absolute Gasteiger partial charge is 0.480 e. The van der Waals surface area contributed by atoms with Gasteiger partial charge in [0.05, 0.1) is 0 Å². The van der Waals surface area contributed by atoms with Crippen LogP contribution in [0.25, 0.3) is 0 Å². The van der Waals surface area contributed by atoms with E-state index in [0.29, 0.717) is 19.4 Å². The molecule has 1 saturated heterocycles. The van der Waals surface area contributed by atoms with E-state index < -0.39 is 12.0 Å². The standard InChI is InChI=1S/C15H22N3O3P/c19-14(17-12-7-13(15(20)21)16-9-12)8-11(18-22)6-10-4-2-1-3-5-10/h1-5,11-13,16,18H,6-9,22H2,(H,17,19)(H,20,21). The molecule has 0 aliphatic carbocycles. The summed E-state index contributed by atoms with van der Waals surface area (Å²) in [5.41, 5.74) is 1.17. The summed E-state index contributed by atoms with van der Waals surface area (Å²) in [6.45, 7) is 0.500. The minimum absolute atomic E-state index is 0.0250. The molecular weight excluding hydrogens is 301 g/mol. The van der Waals surface area contributed by atoms with Crippen LogP contribution < -0.4 is 15.7 Å². The Kier molecular flexibility index (Phi) is 6.31. The van der Waals surface area contributed by atoms with Gasteiger partial charge in [0.2, 0.25) is 5.91 Å². The van der Waals surface area contributed by atoms with E-state index >= 15 is 0 Å². The third-order valence-corrected chi connectivity index (χ3v) is 4.26. The predicted octanol–water partition coefficient (Wildman–Crippen LogP) is 0.299. The summed E-state index contributed by atoms with van der Waals surface area (Å²) in [5.74, 6) is -0.931. The third-order valence-electron chi connectivity index (χ3n) is 3.79. The lowest BCUT2D eigenvalue weighted by Crippen LogP contribution is -2.39. The summed E-state index contributed by atoms with van der Waals surface area (Å²) in [5, 5.41) is 17.8. The van der Waals surface area contributed by atoms with Gasteiger partial charge in [0.1, 0.15) is 6.04 Å². The number of carboxylic acids is 1. The van der Waals surface area contributed by atoms with E-state index in [4.69, 9.17) is 5.11 Å². The highest BCUT2D eigenvalue weighted by Crippen LogP contribution is 2.10. The van der Waals surface area contributed by atoms with E-state index in [-0.39, 0.29) is 18.0 Å². The van der Waals surface area contributed by atoms with Gasteiger partial charge in [-0.1, -0.05) is 39.7 Å². The molecule has 0 spiro atoms. The number of aliphatic carboxylic acids is 1. The Morgan fingerprint density at radius 3 is 2.68 bits per heavy atom. The summed E-state index contributed by atoms with van der Waals surface area (Å²) in [6, 6.07) is 9.33. The van der Waals surface area contributed by atoms with Crippen molar-refractivity contribution in [3.63, 3.8) is 0 Å². The zero-order valence-corrected chi connectivity index (χ0v) is 13.4. The third kappa shape index (κ3) is 5.05. The molecule has 4 unspecified atom stereocenters. The number of nitrogens with one attached hydrogen (secondary N) is 3. The number of rotatable bonds is 7. The number of carbonyl (C=O) groups excluding carboxylic acids is 1. The van der Waals surface area contributed by atoms with E-state index in [1.54, 1.807) is 0 Å². The second kappa shape index (κ2) is 8.22. The van der Waals surface area contributed by atoms with Crippen molar-refractivity contribution in [2.24, 2.45) is 0 Å². The molecular formula is C15H22N3O3P. The Labute approximate surface area is 132 Å². The van der Waals surface area contributed by atoms with Gasteiger partial charge in [0.25, 0.3) is 0 Å². The van der Waals surface area contributed by atoms with Gasteiger partial charge in [-0.05, 0) is 18.4 Å². The molecule has 1 aromatic rings. The van der Waals surface area contributed by atoms with E-state index in [9.17, 15) is 9.59 Å². The second-order valence-corrected chi connectivity index (χ2v) is 5.89. The lowest BCUT2D eigenvalue weighted by molar-refractivity contribution is -0.139. The van der Waals surface area contributed by atoms with E-state index in [2.05, 4.69) is 25.1 Å². The van der Waals surface area contributed by atoms with Crippen molar-refractivity contribution in [3.8, 4) is 0 Å². The zero-order chi connectivity index (χ0) is 15.9. The first-order valence-electron chi connectivity index (χ1n) is 7.34. The zero-order valence-electron chi connectivity index (χ0n) is 12.3. The molecule has 1 aliphatic rings. The van der Waals surface area contributed by atoms with Crippen LogP contribution in [0.5, 0.6) is 0 Å². The number of amides is 1. The van der Waals surface area contributed by atoms with E-state index in [1.165, 1.54) is 5.56 Å². The molecule has 1 fully saturated rings. The molecule has 0 saturated carbocycles. The topological polar surface area (TPSA) is 90.5 Å². The number of benzene rings is 1. The maximum absolute atomic E-state index is 12.1. The Bertz CT molecular complexity index is 512. The Balaban J connectivity index is 1.79. The highest BCUT2D eigenvalue weighted by molar-refractivity contribution is 7.13. The maximum Gasteiger partial charge on any atom is 0.320 e. The normalized spacial score (nSPS) is 22.2. The Morgan fingerprint density at radius 1 is 1.36 bits per heavy atom. The van der Waals surface area contributed by atoms with Gasteiger partial charge in [0.15, 0.2) is 0 Å². The molecule has 4 N–H and O–H groups in total. The van der Waals surface area contributed by atoms with Crippen LogP contribution in [0, 0.1) is 0 Å². The van der Waals surface area contributed by atoms with Crippen molar-refractivity contribution < 1.29 is 14.7 Å². The van der Waals surface area contributed by atoms with Crippen LogP contribution in [0.3, 0.4) is 0 Å². The monoisotopic (exact) mass is 323 g/mol. The SMILES string of the molecule is O=C(CC(Cc1ccccc1)NP)NC1CNC(C(=O)O)C1. The maximum atomic E-state index is 12.1. The number of hydrogen-bond donors (Lipinski definition) is 4. The lowest BCUT2D eigenvalue weighted by Gasteiger charge is -2.18. The van der Waals surface area contributed by atoms with Crippen LogP contribution in [-0.4, -0.2) is 41.7 Å². The molecule has 0 radical (unpaired) electrons. The quantitative estimate of drug-likeness (QED) is 0.542. The fourth-order valence-corrected chi connectivity index (χ4v) is 2.87. The first-order chi connectivity index (χ1) is 10.6. The predicted molar refractivity (Wildman–Crippen MR) is 87.4 cm³/mol. The summed E-state index contributed by atoms with van der Waals surface area (Å²) in [4.78, 5) is 23.0. The molecule has 1 amide bonds. The summed E-state index contributed by atoms with van der Waals surface area (Å²) >= 11 is 0. The minimum atomic E-state index is -0.870. The molecule has 22 heavy (non-hydrogen) atoms. The number of carbonyl (C=O) groups is 2. The average molecular weight is 323 g/mol. The minimum Gasteiger partial charge on any atom is -0.480 e. The van der Waals surface area contributed by atoms with Gasteiger partial charge < -0.3 is 15.7 Å². The van der Waals surface area contributed by atoms with Gasteiger partial charge in [0, 0.05) is 25.0 Å². The highest BCUT2D eigenvalue weighted by Gasteiger charge is 2.30. The summed E-state index contributed by atoms with van der Waals surface area (Å²) in [6.07, 6.45) is 1.55. The molecule has 1 heterocycles. The summed E-state index contributed by atoms with van der Waals surface area (Å²) in [7, 11) is 2.46. The molecule has 1 aliphatic heterocycles. The average Bonchev–Trinajstić information content (AvgIpc) is 2.96. The molecule has 0 bridgehead atoms.